The molecule has 2 aromatic carbocycles. The van der Waals surface area contributed by atoms with Crippen molar-refractivity contribution in [2.75, 3.05) is 18.4 Å². The molecule has 1 fully saturated rings. The van der Waals surface area contributed by atoms with Gasteiger partial charge in [-0.25, -0.2) is 0 Å². The van der Waals surface area contributed by atoms with E-state index >= 15 is 0 Å². The number of benzene rings is 2. The van der Waals surface area contributed by atoms with Gasteiger partial charge in [0.1, 0.15) is 0 Å². The maximum atomic E-state index is 12.5. The Bertz CT molecular complexity index is 873. The number of anilines is 1. The Morgan fingerprint density at radius 1 is 1.07 bits per heavy atom. The average molecular weight is 358 g/mol. The highest BCUT2D eigenvalue weighted by molar-refractivity contribution is 5.94. The molecule has 0 saturated carbocycles. The van der Waals surface area contributed by atoms with E-state index in [1.165, 1.54) is 0 Å². The summed E-state index contributed by atoms with van der Waals surface area (Å²) >= 11 is 0. The average Bonchev–Trinajstić information content (AvgIpc) is 2.73. The molecule has 0 atom stereocenters. The van der Waals surface area contributed by atoms with Crippen LogP contribution in [0.1, 0.15) is 24.0 Å². The van der Waals surface area contributed by atoms with Gasteiger partial charge in [0.25, 0.3) is 0 Å². The summed E-state index contributed by atoms with van der Waals surface area (Å²) in [4.78, 5) is 26.6. The van der Waals surface area contributed by atoms with Crippen molar-refractivity contribution in [3.05, 3.63) is 71.8 Å². The van der Waals surface area contributed by atoms with Crippen molar-refractivity contribution in [3.8, 4) is 12.3 Å². The van der Waals surface area contributed by atoms with E-state index in [2.05, 4.69) is 11.2 Å². The van der Waals surface area contributed by atoms with Gasteiger partial charge in [-0.15, -0.1) is 6.42 Å². The van der Waals surface area contributed by atoms with E-state index in [1.54, 1.807) is 17.0 Å². The van der Waals surface area contributed by atoms with Crippen molar-refractivity contribution in [3.63, 3.8) is 0 Å². The minimum atomic E-state index is -0.0957. The molecule has 0 aliphatic carbocycles. The standard InChI is InChI=1S/C23H22N2O2/c1-2-18-9-6-10-21(17-18)24-23(27)20-13-15-25(16-14-20)22(26)12-11-19-7-4-3-5-8-19/h1,3-12,17,20H,13-16H2,(H,24,27)/b12-11+. The lowest BCUT2D eigenvalue weighted by molar-refractivity contribution is -0.130. The molecule has 3 rings (SSSR count). The first-order valence-electron chi connectivity index (χ1n) is 9.05. The van der Waals surface area contributed by atoms with Crippen molar-refractivity contribution in [2.45, 2.75) is 12.8 Å². The number of hydrogen-bond acceptors (Lipinski definition) is 2. The lowest BCUT2D eigenvalue weighted by Crippen LogP contribution is -2.40. The Kier molecular flexibility index (Phi) is 6.06. The molecule has 0 spiro atoms. The van der Waals surface area contributed by atoms with E-state index < -0.39 is 0 Å². The van der Waals surface area contributed by atoms with Crippen LogP contribution in [0.2, 0.25) is 0 Å². The number of amides is 2. The predicted molar refractivity (Wildman–Crippen MR) is 108 cm³/mol. The zero-order valence-electron chi connectivity index (χ0n) is 15.1. The normalized spacial score (nSPS) is 14.7. The Morgan fingerprint density at radius 2 is 1.81 bits per heavy atom. The Morgan fingerprint density at radius 3 is 2.52 bits per heavy atom. The van der Waals surface area contributed by atoms with Crippen LogP contribution in [0.5, 0.6) is 0 Å². The highest BCUT2D eigenvalue weighted by atomic mass is 16.2. The van der Waals surface area contributed by atoms with E-state index in [-0.39, 0.29) is 17.7 Å². The summed E-state index contributed by atoms with van der Waals surface area (Å²) < 4.78 is 0. The van der Waals surface area contributed by atoms with Gasteiger partial charge in [0.05, 0.1) is 0 Å². The van der Waals surface area contributed by atoms with E-state index in [4.69, 9.17) is 6.42 Å². The first-order chi connectivity index (χ1) is 13.2. The number of carbonyl (C=O) groups excluding carboxylic acids is 2. The van der Waals surface area contributed by atoms with Gasteiger partial charge in [-0.1, -0.05) is 42.3 Å². The zero-order chi connectivity index (χ0) is 19.1. The zero-order valence-corrected chi connectivity index (χ0v) is 15.1. The largest absolute Gasteiger partial charge is 0.339 e. The summed E-state index contributed by atoms with van der Waals surface area (Å²) in [6.07, 6.45) is 10.1. The quantitative estimate of drug-likeness (QED) is 0.671. The maximum absolute atomic E-state index is 12.5. The summed E-state index contributed by atoms with van der Waals surface area (Å²) in [5, 5.41) is 2.93. The van der Waals surface area contributed by atoms with Gasteiger partial charge in [0, 0.05) is 36.3 Å². The number of terminal acetylenes is 1. The van der Waals surface area contributed by atoms with Gasteiger partial charge in [0.15, 0.2) is 0 Å². The van der Waals surface area contributed by atoms with E-state index in [0.29, 0.717) is 31.6 Å². The maximum Gasteiger partial charge on any atom is 0.246 e. The molecule has 2 amide bonds. The third-order valence-electron chi connectivity index (χ3n) is 4.69. The molecular formula is C23H22N2O2. The number of carbonyl (C=O) groups is 2. The van der Waals surface area contributed by atoms with Gasteiger partial charge in [-0.05, 0) is 42.7 Å². The van der Waals surface area contributed by atoms with Crippen LogP contribution in [0.3, 0.4) is 0 Å². The lowest BCUT2D eigenvalue weighted by atomic mass is 9.95. The summed E-state index contributed by atoms with van der Waals surface area (Å²) in [7, 11) is 0. The van der Waals surface area contributed by atoms with E-state index in [1.807, 2.05) is 54.6 Å². The Hall–Kier alpha value is -3.32. The Labute approximate surface area is 159 Å². The smallest absolute Gasteiger partial charge is 0.246 e. The second kappa shape index (κ2) is 8.86. The number of hydrogen-bond donors (Lipinski definition) is 1. The van der Waals surface area contributed by atoms with Crippen LogP contribution >= 0.6 is 0 Å². The molecule has 0 radical (unpaired) electrons. The summed E-state index contributed by atoms with van der Waals surface area (Å²) in [5.41, 5.74) is 2.44. The second-order valence-corrected chi connectivity index (χ2v) is 6.56. The topological polar surface area (TPSA) is 49.4 Å². The van der Waals surface area contributed by atoms with Gasteiger partial charge >= 0.3 is 0 Å². The molecule has 0 unspecified atom stereocenters. The fraction of sp³-hybridized carbons (Fsp3) is 0.217. The highest BCUT2D eigenvalue weighted by Gasteiger charge is 2.26. The molecule has 0 bridgehead atoms. The third kappa shape index (κ3) is 5.08. The first kappa shape index (κ1) is 18.5. The van der Waals surface area contributed by atoms with Crippen molar-refractivity contribution >= 4 is 23.6 Å². The third-order valence-corrected chi connectivity index (χ3v) is 4.69. The number of nitrogens with one attached hydrogen (secondary N) is 1. The first-order valence-corrected chi connectivity index (χ1v) is 9.05. The van der Waals surface area contributed by atoms with Crippen molar-refractivity contribution < 1.29 is 9.59 Å². The van der Waals surface area contributed by atoms with Crippen LogP contribution in [0.25, 0.3) is 6.08 Å². The second-order valence-electron chi connectivity index (χ2n) is 6.56. The molecular weight excluding hydrogens is 336 g/mol. The lowest BCUT2D eigenvalue weighted by Gasteiger charge is -2.30. The predicted octanol–water partition coefficient (Wildman–Crippen LogP) is 3.56. The Balaban J connectivity index is 1.50. The molecule has 4 nitrogen and oxygen atoms in total. The number of piperidine rings is 1. The summed E-state index contributed by atoms with van der Waals surface area (Å²) in [6.45, 7) is 1.17. The van der Waals surface area contributed by atoms with Crippen LogP contribution < -0.4 is 5.32 Å². The fourth-order valence-corrected chi connectivity index (χ4v) is 3.13. The number of nitrogens with zero attached hydrogens (tertiary/aromatic N) is 1. The number of likely N-dealkylation sites (tertiary alicyclic amines) is 1. The molecule has 0 aromatic heterocycles. The molecule has 1 saturated heterocycles. The van der Waals surface area contributed by atoms with Crippen LogP contribution in [0.4, 0.5) is 5.69 Å². The molecule has 1 N–H and O–H groups in total. The van der Waals surface area contributed by atoms with Gasteiger partial charge in [0.2, 0.25) is 11.8 Å². The number of rotatable bonds is 4. The minimum Gasteiger partial charge on any atom is -0.339 e. The van der Waals surface area contributed by atoms with Gasteiger partial charge < -0.3 is 10.2 Å². The summed E-state index contributed by atoms with van der Waals surface area (Å²) in [6, 6.07) is 17.0. The van der Waals surface area contributed by atoms with Crippen molar-refractivity contribution in [1.29, 1.82) is 0 Å². The highest BCUT2D eigenvalue weighted by Crippen LogP contribution is 2.20. The van der Waals surface area contributed by atoms with Crippen LogP contribution in [-0.4, -0.2) is 29.8 Å². The molecule has 2 aromatic rings. The van der Waals surface area contributed by atoms with Crippen molar-refractivity contribution in [2.24, 2.45) is 5.92 Å². The SMILES string of the molecule is C#Cc1cccc(NC(=O)C2CCN(C(=O)/C=C/c3ccccc3)CC2)c1. The fourth-order valence-electron chi connectivity index (χ4n) is 3.13. The monoisotopic (exact) mass is 358 g/mol. The molecule has 136 valence electrons. The van der Waals surface area contributed by atoms with Gasteiger partial charge in [-0.2, -0.15) is 0 Å². The molecule has 1 aliphatic heterocycles. The molecule has 4 heteroatoms. The van der Waals surface area contributed by atoms with Crippen molar-refractivity contribution in [1.82, 2.24) is 4.90 Å². The van der Waals surface area contributed by atoms with Gasteiger partial charge in [-0.3, -0.25) is 9.59 Å². The van der Waals surface area contributed by atoms with E-state index in [9.17, 15) is 9.59 Å². The minimum absolute atomic E-state index is 0.0144. The van der Waals surface area contributed by atoms with E-state index in [0.717, 1.165) is 11.1 Å². The molecule has 1 heterocycles. The van der Waals surface area contributed by atoms with Crippen LogP contribution in [0.15, 0.2) is 60.7 Å². The molecule has 27 heavy (non-hydrogen) atoms. The van der Waals surface area contributed by atoms with Crippen LogP contribution in [-0.2, 0) is 9.59 Å². The van der Waals surface area contributed by atoms with Crippen LogP contribution in [0, 0.1) is 18.3 Å². The summed E-state index contributed by atoms with van der Waals surface area (Å²) in [5.74, 6) is 2.43. The molecule has 1 aliphatic rings.